The van der Waals surface area contributed by atoms with Gasteiger partial charge >= 0.3 is 5.97 Å². The first kappa shape index (κ1) is 8.99. The zero-order chi connectivity index (χ0) is 10.1. The minimum Gasteiger partial charge on any atom is -0.477 e. The number of H-pyrrole nitrogens is 1. The molecule has 1 heterocycles. The molecule has 0 radical (unpaired) electrons. The van der Waals surface area contributed by atoms with Crippen molar-refractivity contribution in [1.29, 1.82) is 0 Å². The van der Waals surface area contributed by atoms with E-state index in [1.54, 1.807) is 6.20 Å². The van der Waals surface area contributed by atoms with Gasteiger partial charge in [0.25, 0.3) is 0 Å². The van der Waals surface area contributed by atoms with Crippen LogP contribution in [0.3, 0.4) is 0 Å². The Hall–Kier alpha value is -1.58. The Morgan fingerprint density at radius 1 is 1.43 bits per heavy atom. The molecule has 4 nitrogen and oxygen atoms in total. The van der Waals surface area contributed by atoms with Gasteiger partial charge in [-0.25, -0.2) is 4.79 Å². The fourth-order valence-electron chi connectivity index (χ4n) is 1.68. The summed E-state index contributed by atoms with van der Waals surface area (Å²) < 4.78 is 0. The number of rotatable bonds is 2. The van der Waals surface area contributed by atoms with Crippen molar-refractivity contribution in [2.24, 2.45) is 0 Å². The Labute approximate surface area is 80.6 Å². The molecule has 0 amide bonds. The molecule has 0 atom stereocenters. The zero-order valence-corrected chi connectivity index (χ0v) is 7.62. The third-order valence-corrected chi connectivity index (χ3v) is 2.75. The van der Waals surface area contributed by atoms with Crippen molar-refractivity contribution in [3.63, 3.8) is 0 Å². The lowest BCUT2D eigenvalue weighted by Gasteiger charge is -2.24. The second kappa shape index (κ2) is 3.29. The molecule has 1 saturated carbocycles. The van der Waals surface area contributed by atoms with E-state index in [9.17, 15) is 9.59 Å². The van der Waals surface area contributed by atoms with Gasteiger partial charge in [0, 0.05) is 18.0 Å². The van der Waals surface area contributed by atoms with Crippen LogP contribution in [0.15, 0.2) is 17.2 Å². The van der Waals surface area contributed by atoms with Crippen molar-refractivity contribution in [2.75, 3.05) is 0 Å². The van der Waals surface area contributed by atoms with Gasteiger partial charge in [0.2, 0.25) is 0 Å². The fourth-order valence-corrected chi connectivity index (χ4v) is 1.68. The Kier molecular flexibility index (Phi) is 2.11. The second-order valence-electron chi connectivity index (χ2n) is 3.59. The molecule has 1 aliphatic rings. The summed E-state index contributed by atoms with van der Waals surface area (Å²) in [4.78, 5) is 25.0. The standard InChI is InChI=1S/C10H11NO3/c12-9-7(6-2-1-3-6)4-11-5-8(9)10(13)14/h4-6H,1-3H2,(H,11,12)(H,13,14). The third-order valence-electron chi connectivity index (χ3n) is 2.75. The van der Waals surface area contributed by atoms with Crippen molar-refractivity contribution < 1.29 is 9.90 Å². The van der Waals surface area contributed by atoms with Gasteiger partial charge < -0.3 is 10.1 Å². The quantitative estimate of drug-likeness (QED) is 0.744. The first-order valence-corrected chi connectivity index (χ1v) is 4.64. The van der Waals surface area contributed by atoms with E-state index in [2.05, 4.69) is 4.98 Å². The van der Waals surface area contributed by atoms with Crippen LogP contribution in [0.4, 0.5) is 0 Å². The molecular formula is C10H11NO3. The summed E-state index contributed by atoms with van der Waals surface area (Å²) in [6, 6.07) is 0. The topological polar surface area (TPSA) is 70.2 Å². The lowest BCUT2D eigenvalue weighted by Crippen LogP contribution is -2.24. The number of pyridine rings is 1. The SMILES string of the molecule is O=C(O)c1c[nH]cc(C2CCC2)c1=O. The fraction of sp³-hybridized carbons (Fsp3) is 0.400. The molecule has 74 valence electrons. The van der Waals surface area contributed by atoms with Gasteiger partial charge in [-0.1, -0.05) is 6.42 Å². The monoisotopic (exact) mass is 193 g/mol. The van der Waals surface area contributed by atoms with Crippen LogP contribution in [0.25, 0.3) is 0 Å². The van der Waals surface area contributed by atoms with E-state index in [-0.39, 0.29) is 16.9 Å². The molecule has 2 N–H and O–H groups in total. The molecule has 1 aromatic heterocycles. The van der Waals surface area contributed by atoms with Crippen LogP contribution in [0.2, 0.25) is 0 Å². The molecule has 14 heavy (non-hydrogen) atoms. The number of nitrogens with one attached hydrogen (secondary N) is 1. The molecule has 4 heteroatoms. The second-order valence-corrected chi connectivity index (χ2v) is 3.59. The van der Waals surface area contributed by atoms with E-state index in [0.29, 0.717) is 5.56 Å². The van der Waals surface area contributed by atoms with E-state index >= 15 is 0 Å². The van der Waals surface area contributed by atoms with Gasteiger partial charge in [-0.15, -0.1) is 0 Å². The number of hydrogen-bond acceptors (Lipinski definition) is 2. The molecule has 0 saturated heterocycles. The maximum Gasteiger partial charge on any atom is 0.341 e. The lowest BCUT2D eigenvalue weighted by molar-refractivity contribution is 0.0695. The molecule has 1 aromatic rings. The first-order valence-electron chi connectivity index (χ1n) is 4.64. The first-order chi connectivity index (χ1) is 6.70. The predicted octanol–water partition coefficient (Wildman–Crippen LogP) is 1.34. The molecule has 2 rings (SSSR count). The normalized spacial score (nSPS) is 16.3. The Morgan fingerprint density at radius 2 is 2.14 bits per heavy atom. The number of carbonyl (C=O) groups is 1. The average molecular weight is 193 g/mol. The van der Waals surface area contributed by atoms with Crippen molar-refractivity contribution in [2.45, 2.75) is 25.2 Å². The van der Waals surface area contributed by atoms with Crippen LogP contribution in [-0.2, 0) is 0 Å². The maximum atomic E-state index is 11.6. The summed E-state index contributed by atoms with van der Waals surface area (Å²) >= 11 is 0. The van der Waals surface area contributed by atoms with E-state index in [1.165, 1.54) is 6.20 Å². The third kappa shape index (κ3) is 1.32. The molecule has 0 bridgehead atoms. The Bertz CT molecular complexity index is 418. The number of hydrogen-bond donors (Lipinski definition) is 2. The molecule has 1 fully saturated rings. The van der Waals surface area contributed by atoms with Gasteiger partial charge in [-0.05, 0) is 18.8 Å². The molecule has 0 unspecified atom stereocenters. The molecule has 0 aromatic carbocycles. The Balaban J connectivity index is 2.46. The largest absolute Gasteiger partial charge is 0.477 e. The number of aromatic carboxylic acids is 1. The average Bonchev–Trinajstić information content (AvgIpc) is 2.04. The number of carboxylic acids is 1. The number of aromatic amines is 1. The van der Waals surface area contributed by atoms with Crippen LogP contribution < -0.4 is 5.43 Å². The van der Waals surface area contributed by atoms with E-state index in [0.717, 1.165) is 19.3 Å². The van der Waals surface area contributed by atoms with Crippen molar-refractivity contribution in [1.82, 2.24) is 4.98 Å². The minimum absolute atomic E-state index is 0.158. The highest BCUT2D eigenvalue weighted by Crippen LogP contribution is 2.34. The van der Waals surface area contributed by atoms with Crippen LogP contribution in [-0.4, -0.2) is 16.1 Å². The Morgan fingerprint density at radius 3 is 2.64 bits per heavy atom. The number of aromatic nitrogens is 1. The highest BCUT2D eigenvalue weighted by molar-refractivity contribution is 5.87. The lowest BCUT2D eigenvalue weighted by atomic mass is 9.80. The predicted molar refractivity (Wildman–Crippen MR) is 50.6 cm³/mol. The van der Waals surface area contributed by atoms with Crippen LogP contribution in [0.1, 0.15) is 41.1 Å². The van der Waals surface area contributed by atoms with E-state index < -0.39 is 5.97 Å². The molecule has 1 aliphatic carbocycles. The summed E-state index contributed by atoms with van der Waals surface area (Å²) in [6.07, 6.45) is 5.98. The number of carboxylic acid groups (broad SMARTS) is 1. The van der Waals surface area contributed by atoms with Gasteiger partial charge in [-0.3, -0.25) is 4.79 Å². The summed E-state index contributed by atoms with van der Waals surface area (Å²) in [7, 11) is 0. The molecule has 0 aliphatic heterocycles. The van der Waals surface area contributed by atoms with Crippen molar-refractivity contribution in [3.05, 3.63) is 33.7 Å². The van der Waals surface area contributed by atoms with E-state index in [1.807, 2.05) is 0 Å². The minimum atomic E-state index is -1.16. The van der Waals surface area contributed by atoms with Crippen molar-refractivity contribution in [3.8, 4) is 0 Å². The van der Waals surface area contributed by atoms with Crippen LogP contribution in [0, 0.1) is 0 Å². The summed E-state index contributed by atoms with van der Waals surface area (Å²) in [5.41, 5.74) is 0.131. The molecule has 0 spiro atoms. The van der Waals surface area contributed by atoms with Crippen molar-refractivity contribution >= 4 is 5.97 Å². The smallest absolute Gasteiger partial charge is 0.341 e. The van der Waals surface area contributed by atoms with Crippen LogP contribution in [0.5, 0.6) is 0 Å². The highest BCUT2D eigenvalue weighted by Gasteiger charge is 2.24. The van der Waals surface area contributed by atoms with Crippen LogP contribution >= 0.6 is 0 Å². The van der Waals surface area contributed by atoms with Gasteiger partial charge in [-0.2, -0.15) is 0 Å². The highest BCUT2D eigenvalue weighted by atomic mass is 16.4. The molecular weight excluding hydrogens is 182 g/mol. The van der Waals surface area contributed by atoms with E-state index in [4.69, 9.17) is 5.11 Å². The summed E-state index contributed by atoms with van der Waals surface area (Å²) in [5.74, 6) is -0.898. The maximum absolute atomic E-state index is 11.6. The van der Waals surface area contributed by atoms with Gasteiger partial charge in [0.1, 0.15) is 5.56 Å². The zero-order valence-electron chi connectivity index (χ0n) is 7.62. The van der Waals surface area contributed by atoms with Gasteiger partial charge in [0.15, 0.2) is 5.43 Å². The van der Waals surface area contributed by atoms with Gasteiger partial charge in [0.05, 0.1) is 0 Å². The summed E-state index contributed by atoms with van der Waals surface area (Å²) in [6.45, 7) is 0. The summed E-state index contributed by atoms with van der Waals surface area (Å²) in [5, 5.41) is 8.74.